The molecular formula is C22H21F2N5O3S2. The molecule has 0 radical (unpaired) electrons. The number of aliphatic hydroxyl groups is 1. The van der Waals surface area contributed by atoms with E-state index in [0.717, 1.165) is 30.5 Å². The van der Waals surface area contributed by atoms with Gasteiger partial charge in [-0.05, 0) is 24.5 Å². The van der Waals surface area contributed by atoms with E-state index in [1.807, 2.05) is 4.90 Å². The molecule has 12 heteroatoms. The summed E-state index contributed by atoms with van der Waals surface area (Å²) in [6.07, 6.45) is 4.44. The van der Waals surface area contributed by atoms with Gasteiger partial charge < -0.3 is 10.0 Å². The van der Waals surface area contributed by atoms with Crippen LogP contribution in [0, 0.1) is 21.7 Å². The molecule has 4 rings (SSSR count). The minimum atomic E-state index is -1.77. The van der Waals surface area contributed by atoms with Gasteiger partial charge in [0.15, 0.2) is 0 Å². The Morgan fingerprint density at radius 3 is 2.76 bits per heavy atom. The van der Waals surface area contributed by atoms with Crippen molar-refractivity contribution in [3.63, 3.8) is 0 Å². The van der Waals surface area contributed by atoms with Gasteiger partial charge >= 0.3 is 0 Å². The molecular weight excluding hydrogens is 484 g/mol. The van der Waals surface area contributed by atoms with Crippen LogP contribution < -0.4 is 0 Å². The standard InChI is InChI=1S/C22H21F2N5O3S2/c23-16-4-7-19(20(24)9-16)22(30,11-27-14-25-13-26-27)12-28(17-5-6-17)21(33)34-10-15-2-1-3-18(8-15)29(31)32/h1-4,7-9,13-14,17,30H,5-6,10-12H2. The van der Waals surface area contributed by atoms with Crippen molar-refractivity contribution in [3.05, 3.63) is 88.0 Å². The van der Waals surface area contributed by atoms with Crippen molar-refractivity contribution in [1.29, 1.82) is 0 Å². The van der Waals surface area contributed by atoms with Crippen LogP contribution in [0.4, 0.5) is 14.5 Å². The van der Waals surface area contributed by atoms with E-state index in [2.05, 4.69) is 10.1 Å². The number of nitrogens with zero attached hydrogens (tertiary/aromatic N) is 5. The van der Waals surface area contributed by atoms with E-state index >= 15 is 0 Å². The van der Waals surface area contributed by atoms with Crippen molar-refractivity contribution in [1.82, 2.24) is 19.7 Å². The molecule has 0 spiro atoms. The van der Waals surface area contributed by atoms with Crippen molar-refractivity contribution in [2.45, 2.75) is 36.8 Å². The molecule has 1 aliphatic carbocycles. The summed E-state index contributed by atoms with van der Waals surface area (Å²) in [6, 6.07) is 9.45. The van der Waals surface area contributed by atoms with Crippen LogP contribution in [0.1, 0.15) is 24.0 Å². The van der Waals surface area contributed by atoms with E-state index in [4.69, 9.17) is 12.2 Å². The quantitative estimate of drug-likeness (QED) is 0.264. The van der Waals surface area contributed by atoms with Crippen molar-refractivity contribution in [3.8, 4) is 0 Å². The fourth-order valence-electron chi connectivity index (χ4n) is 3.67. The second-order valence-electron chi connectivity index (χ2n) is 8.09. The molecule has 1 aliphatic rings. The summed E-state index contributed by atoms with van der Waals surface area (Å²) >= 11 is 6.96. The molecule has 1 N–H and O–H groups in total. The molecule has 1 unspecified atom stereocenters. The highest BCUT2D eigenvalue weighted by Crippen LogP contribution is 2.36. The summed E-state index contributed by atoms with van der Waals surface area (Å²) in [6.45, 7) is -0.155. The number of nitro groups is 1. The van der Waals surface area contributed by atoms with Crippen LogP contribution in [-0.4, -0.2) is 46.6 Å². The minimum Gasteiger partial charge on any atom is -0.381 e. The predicted octanol–water partition coefficient (Wildman–Crippen LogP) is 4.04. The molecule has 0 amide bonds. The molecule has 178 valence electrons. The lowest BCUT2D eigenvalue weighted by Crippen LogP contribution is -2.46. The fraction of sp³-hybridized carbons (Fsp3) is 0.318. The molecule has 0 bridgehead atoms. The summed E-state index contributed by atoms with van der Waals surface area (Å²) in [5.41, 5.74) is -1.11. The Kier molecular flexibility index (Phi) is 7.19. The van der Waals surface area contributed by atoms with Crippen molar-refractivity contribution in [2.75, 3.05) is 6.54 Å². The molecule has 34 heavy (non-hydrogen) atoms. The normalized spacial score (nSPS) is 15.0. The smallest absolute Gasteiger partial charge is 0.269 e. The maximum atomic E-state index is 14.8. The zero-order valence-corrected chi connectivity index (χ0v) is 19.5. The van der Waals surface area contributed by atoms with Crippen LogP contribution in [-0.2, 0) is 17.9 Å². The third kappa shape index (κ3) is 5.75. The number of rotatable bonds is 9. The molecule has 1 saturated carbocycles. The van der Waals surface area contributed by atoms with Crippen molar-refractivity contribution >= 4 is 34.0 Å². The SMILES string of the molecule is O=[N+]([O-])c1cccc(CSC(=S)N(CC(O)(Cn2cncn2)c2ccc(F)cc2F)C2CC2)c1. The lowest BCUT2D eigenvalue weighted by Gasteiger charge is -2.36. The monoisotopic (exact) mass is 505 g/mol. The lowest BCUT2D eigenvalue weighted by atomic mass is 9.92. The van der Waals surface area contributed by atoms with Gasteiger partial charge in [0.25, 0.3) is 5.69 Å². The Balaban J connectivity index is 1.56. The van der Waals surface area contributed by atoms with Gasteiger partial charge in [-0.15, -0.1) is 0 Å². The molecule has 1 aromatic heterocycles. The highest BCUT2D eigenvalue weighted by Gasteiger charge is 2.41. The zero-order chi connectivity index (χ0) is 24.3. The second-order valence-corrected chi connectivity index (χ2v) is 9.70. The van der Waals surface area contributed by atoms with Crippen LogP contribution in [0.2, 0.25) is 0 Å². The fourth-order valence-corrected chi connectivity index (χ4v) is 4.91. The minimum absolute atomic E-state index is 0.00272. The van der Waals surface area contributed by atoms with Gasteiger partial charge in [0.2, 0.25) is 0 Å². The molecule has 2 aromatic carbocycles. The first-order chi connectivity index (χ1) is 16.2. The summed E-state index contributed by atoms with van der Waals surface area (Å²) in [4.78, 5) is 16.3. The molecule has 1 fully saturated rings. The number of thiocarbonyl (C=S) groups is 1. The van der Waals surface area contributed by atoms with Gasteiger partial charge in [-0.3, -0.25) is 10.1 Å². The Bertz CT molecular complexity index is 1190. The molecule has 1 heterocycles. The second kappa shape index (κ2) is 10.1. The summed E-state index contributed by atoms with van der Waals surface area (Å²) in [5, 5.41) is 26.7. The zero-order valence-electron chi connectivity index (χ0n) is 17.9. The number of hydrogen-bond acceptors (Lipinski definition) is 7. The first-order valence-corrected chi connectivity index (χ1v) is 11.8. The number of benzene rings is 2. The third-order valence-corrected chi connectivity index (χ3v) is 7.01. The molecule has 1 atom stereocenters. The van der Waals surface area contributed by atoms with Crippen molar-refractivity contribution < 1.29 is 18.8 Å². The Morgan fingerprint density at radius 2 is 2.12 bits per heavy atom. The maximum absolute atomic E-state index is 14.8. The Labute approximate surface area is 203 Å². The van der Waals surface area contributed by atoms with Crippen LogP contribution in [0.25, 0.3) is 0 Å². The lowest BCUT2D eigenvalue weighted by molar-refractivity contribution is -0.384. The third-order valence-electron chi connectivity index (χ3n) is 5.46. The number of non-ortho nitro benzene ring substituents is 1. The summed E-state index contributed by atoms with van der Waals surface area (Å²) < 4.78 is 30.2. The number of aromatic nitrogens is 3. The van der Waals surface area contributed by atoms with Crippen LogP contribution in [0.5, 0.6) is 0 Å². The van der Waals surface area contributed by atoms with Gasteiger partial charge in [0.1, 0.15) is 34.2 Å². The molecule has 0 saturated heterocycles. The van der Waals surface area contributed by atoms with Crippen molar-refractivity contribution in [2.24, 2.45) is 0 Å². The first kappa shape index (κ1) is 24.2. The van der Waals surface area contributed by atoms with E-state index in [1.54, 1.807) is 12.1 Å². The van der Waals surface area contributed by atoms with Crippen LogP contribution in [0.3, 0.4) is 0 Å². The Morgan fingerprint density at radius 1 is 1.32 bits per heavy atom. The van der Waals surface area contributed by atoms with Gasteiger partial charge in [0, 0.05) is 35.6 Å². The highest BCUT2D eigenvalue weighted by molar-refractivity contribution is 8.22. The summed E-state index contributed by atoms with van der Waals surface area (Å²) in [7, 11) is 0. The average molecular weight is 506 g/mol. The van der Waals surface area contributed by atoms with Crippen LogP contribution in [0.15, 0.2) is 55.1 Å². The number of hydrogen-bond donors (Lipinski definition) is 1. The number of thioether (sulfide) groups is 1. The van der Waals surface area contributed by atoms with Gasteiger partial charge in [-0.2, -0.15) is 5.10 Å². The predicted molar refractivity (Wildman–Crippen MR) is 127 cm³/mol. The number of halogens is 2. The van der Waals surface area contributed by atoms with E-state index in [1.165, 1.54) is 47.3 Å². The maximum Gasteiger partial charge on any atom is 0.269 e. The Hall–Kier alpha value is -2.96. The van der Waals surface area contributed by atoms with E-state index in [9.17, 15) is 24.0 Å². The summed E-state index contributed by atoms with van der Waals surface area (Å²) in [5.74, 6) is -1.21. The largest absolute Gasteiger partial charge is 0.381 e. The average Bonchev–Trinajstić information content (AvgIpc) is 3.52. The van der Waals surface area contributed by atoms with Gasteiger partial charge in [-0.1, -0.05) is 42.2 Å². The van der Waals surface area contributed by atoms with Gasteiger partial charge in [0.05, 0.1) is 18.0 Å². The first-order valence-electron chi connectivity index (χ1n) is 10.4. The molecule has 0 aliphatic heterocycles. The van der Waals surface area contributed by atoms with E-state index < -0.39 is 22.2 Å². The topological polar surface area (TPSA) is 97.3 Å². The van der Waals surface area contributed by atoms with E-state index in [0.29, 0.717) is 10.1 Å². The molecule has 3 aromatic rings. The van der Waals surface area contributed by atoms with E-state index in [-0.39, 0.29) is 30.4 Å². The highest BCUT2D eigenvalue weighted by atomic mass is 32.2. The molecule has 8 nitrogen and oxygen atoms in total. The van der Waals surface area contributed by atoms with Gasteiger partial charge in [-0.25, -0.2) is 18.4 Å². The van der Waals surface area contributed by atoms with Crippen LogP contribution >= 0.6 is 24.0 Å². The number of nitro benzene ring substituents is 1.